The fourth-order valence-electron chi connectivity index (χ4n) is 0.328. The van der Waals surface area contributed by atoms with Gasteiger partial charge < -0.3 is 0 Å². The molecule has 0 heterocycles. The zero-order valence-electron chi connectivity index (χ0n) is 4.64. The van der Waals surface area contributed by atoms with Gasteiger partial charge in [0.25, 0.3) is 0 Å². The standard InChI is InChI=1S/C6H9S/c1-3-4-6(2)5-7/h3-4,6H,1-2H3/b4-3+. The lowest BCUT2D eigenvalue weighted by Crippen LogP contribution is -1.84. The van der Waals surface area contributed by atoms with E-state index >= 15 is 0 Å². The Kier molecular flexibility index (Phi) is 3.90. The summed E-state index contributed by atoms with van der Waals surface area (Å²) < 4.78 is 0. The van der Waals surface area contributed by atoms with Gasteiger partial charge in [0.2, 0.25) is 0 Å². The van der Waals surface area contributed by atoms with Crippen LogP contribution in [-0.2, 0) is 0 Å². The smallest absolute Gasteiger partial charge is 0.0363 e. The van der Waals surface area contributed by atoms with Crippen LogP contribution in [-0.4, -0.2) is 5.37 Å². The average Bonchev–Trinajstić information content (AvgIpc) is 1.68. The third kappa shape index (κ3) is 3.67. The molecule has 1 heteroatoms. The van der Waals surface area contributed by atoms with Crippen molar-refractivity contribution in [1.82, 2.24) is 0 Å². The molecule has 0 aromatic rings. The van der Waals surface area contributed by atoms with Crippen LogP contribution in [0.25, 0.3) is 0 Å². The van der Waals surface area contributed by atoms with E-state index in [9.17, 15) is 0 Å². The molecule has 0 bridgehead atoms. The molecule has 0 aliphatic heterocycles. The molecule has 0 aliphatic rings. The summed E-state index contributed by atoms with van der Waals surface area (Å²) in [5.74, 6) is 0.333. The van der Waals surface area contributed by atoms with Gasteiger partial charge >= 0.3 is 0 Å². The number of thiocarbonyl (C=S) groups is 1. The monoisotopic (exact) mass is 113 g/mol. The Bertz CT molecular complexity index is 74.2. The molecule has 39 valence electrons. The zero-order valence-corrected chi connectivity index (χ0v) is 5.46. The van der Waals surface area contributed by atoms with Crippen LogP contribution in [0.4, 0.5) is 0 Å². The van der Waals surface area contributed by atoms with Crippen LogP contribution < -0.4 is 0 Å². The first-order valence-corrected chi connectivity index (χ1v) is 2.72. The average molecular weight is 113 g/mol. The summed E-state index contributed by atoms with van der Waals surface area (Å²) in [6.07, 6.45) is 3.98. The van der Waals surface area contributed by atoms with Crippen molar-refractivity contribution >= 4 is 17.6 Å². The highest BCUT2D eigenvalue weighted by molar-refractivity contribution is 7.79. The summed E-state index contributed by atoms with van der Waals surface area (Å²) >= 11 is 4.54. The fraction of sp³-hybridized carbons (Fsp3) is 0.500. The molecule has 0 saturated heterocycles. The van der Waals surface area contributed by atoms with Crippen molar-refractivity contribution in [1.29, 1.82) is 0 Å². The first kappa shape index (κ1) is 6.83. The first-order valence-electron chi connectivity index (χ1n) is 2.31. The molecule has 7 heavy (non-hydrogen) atoms. The maximum absolute atomic E-state index is 4.54. The minimum absolute atomic E-state index is 0.333. The van der Waals surface area contributed by atoms with Crippen LogP contribution in [0.5, 0.6) is 0 Å². The maximum atomic E-state index is 4.54. The number of allylic oxidation sites excluding steroid dienone is 2. The van der Waals surface area contributed by atoms with Crippen LogP contribution in [0.3, 0.4) is 0 Å². The molecule has 0 spiro atoms. The summed E-state index contributed by atoms with van der Waals surface area (Å²) in [6.45, 7) is 3.98. The third-order valence-electron chi connectivity index (χ3n) is 0.667. The summed E-state index contributed by atoms with van der Waals surface area (Å²) in [5.41, 5.74) is 0. The second kappa shape index (κ2) is 4.00. The first-order chi connectivity index (χ1) is 3.31. The van der Waals surface area contributed by atoms with E-state index in [0.29, 0.717) is 5.92 Å². The van der Waals surface area contributed by atoms with Gasteiger partial charge in [0.15, 0.2) is 0 Å². The van der Waals surface area contributed by atoms with Crippen LogP contribution in [0, 0.1) is 5.92 Å². The maximum Gasteiger partial charge on any atom is 0.0363 e. The zero-order chi connectivity index (χ0) is 5.70. The topological polar surface area (TPSA) is 0 Å². The van der Waals surface area contributed by atoms with Gasteiger partial charge in [-0.25, -0.2) is 0 Å². The molecule has 0 aromatic carbocycles. The van der Waals surface area contributed by atoms with Crippen molar-refractivity contribution < 1.29 is 0 Å². The van der Waals surface area contributed by atoms with Gasteiger partial charge in [-0.1, -0.05) is 31.3 Å². The summed E-state index contributed by atoms with van der Waals surface area (Å²) in [7, 11) is 0. The number of hydrogen-bond acceptors (Lipinski definition) is 1. The van der Waals surface area contributed by atoms with Crippen molar-refractivity contribution in [2.75, 3.05) is 0 Å². The van der Waals surface area contributed by atoms with Crippen LogP contribution in [0.15, 0.2) is 12.2 Å². The Balaban J connectivity index is 3.35. The fourth-order valence-corrected chi connectivity index (χ4v) is 0.407. The summed E-state index contributed by atoms with van der Waals surface area (Å²) in [6, 6.07) is 0. The lowest BCUT2D eigenvalue weighted by atomic mass is 10.2. The van der Waals surface area contributed by atoms with E-state index < -0.39 is 0 Å². The Morgan fingerprint density at radius 2 is 2.29 bits per heavy atom. The minimum Gasteiger partial charge on any atom is -0.0910 e. The van der Waals surface area contributed by atoms with Gasteiger partial charge in [-0.2, -0.15) is 0 Å². The van der Waals surface area contributed by atoms with E-state index in [2.05, 4.69) is 17.6 Å². The van der Waals surface area contributed by atoms with Gasteiger partial charge in [0, 0.05) is 11.3 Å². The molecule has 0 rings (SSSR count). The molecule has 0 amide bonds. The van der Waals surface area contributed by atoms with E-state index in [1.165, 1.54) is 0 Å². The van der Waals surface area contributed by atoms with Crippen LogP contribution in [0.1, 0.15) is 13.8 Å². The normalized spacial score (nSPS) is 14.6. The number of hydrogen-bond donors (Lipinski definition) is 0. The Morgan fingerprint density at radius 3 is 2.43 bits per heavy atom. The molecule has 1 atom stereocenters. The second-order valence-corrected chi connectivity index (χ2v) is 1.67. The molecule has 1 unspecified atom stereocenters. The summed E-state index contributed by atoms with van der Waals surface area (Å²) in [5, 5.41) is 2.66. The van der Waals surface area contributed by atoms with E-state index in [-0.39, 0.29) is 0 Å². The van der Waals surface area contributed by atoms with Crippen LogP contribution in [0.2, 0.25) is 0 Å². The van der Waals surface area contributed by atoms with E-state index in [1.54, 1.807) is 0 Å². The van der Waals surface area contributed by atoms with Gasteiger partial charge in [0.05, 0.1) is 0 Å². The number of rotatable bonds is 2. The van der Waals surface area contributed by atoms with Crippen molar-refractivity contribution in [3.05, 3.63) is 12.2 Å². The van der Waals surface area contributed by atoms with Gasteiger partial charge in [-0.3, -0.25) is 0 Å². The molecule has 0 nitrogen and oxygen atoms in total. The lowest BCUT2D eigenvalue weighted by molar-refractivity contribution is 1.04. The highest BCUT2D eigenvalue weighted by Gasteiger charge is 1.84. The minimum atomic E-state index is 0.333. The molecule has 0 fully saturated rings. The molecule has 0 N–H and O–H groups in total. The van der Waals surface area contributed by atoms with Crippen molar-refractivity contribution in [2.45, 2.75) is 13.8 Å². The van der Waals surface area contributed by atoms with Crippen LogP contribution >= 0.6 is 12.2 Å². The Labute approximate surface area is 50.2 Å². The van der Waals surface area contributed by atoms with E-state index in [4.69, 9.17) is 0 Å². The molecule has 0 saturated carbocycles. The van der Waals surface area contributed by atoms with E-state index in [1.807, 2.05) is 26.0 Å². The predicted molar refractivity (Wildman–Crippen MR) is 36.6 cm³/mol. The molecule has 0 aliphatic carbocycles. The van der Waals surface area contributed by atoms with Gasteiger partial charge in [0.1, 0.15) is 0 Å². The van der Waals surface area contributed by atoms with Crippen molar-refractivity contribution in [3.8, 4) is 0 Å². The lowest BCUT2D eigenvalue weighted by Gasteiger charge is -1.87. The third-order valence-corrected chi connectivity index (χ3v) is 1.04. The summed E-state index contributed by atoms with van der Waals surface area (Å²) in [4.78, 5) is 0. The molecular weight excluding hydrogens is 104 g/mol. The Morgan fingerprint density at radius 1 is 1.71 bits per heavy atom. The SMILES string of the molecule is C/C=C/C(C)[C]=S. The predicted octanol–water partition coefficient (Wildman–Crippen LogP) is 2.08. The molecule has 1 radical (unpaired) electrons. The second-order valence-electron chi connectivity index (χ2n) is 1.43. The Hall–Kier alpha value is -0.170. The van der Waals surface area contributed by atoms with Crippen molar-refractivity contribution in [2.24, 2.45) is 5.92 Å². The quantitative estimate of drug-likeness (QED) is 0.390. The highest BCUT2D eigenvalue weighted by atomic mass is 32.1. The highest BCUT2D eigenvalue weighted by Crippen LogP contribution is 1.90. The van der Waals surface area contributed by atoms with E-state index in [0.717, 1.165) is 0 Å². The van der Waals surface area contributed by atoms with Gasteiger partial charge in [-0.05, 0) is 6.92 Å². The van der Waals surface area contributed by atoms with Crippen molar-refractivity contribution in [3.63, 3.8) is 0 Å². The largest absolute Gasteiger partial charge is 0.0910 e. The van der Waals surface area contributed by atoms with Gasteiger partial charge in [-0.15, -0.1) is 0 Å². The molecular formula is C6H9S. The molecule has 0 aromatic heterocycles.